The van der Waals surface area contributed by atoms with Crippen LogP contribution < -0.4 is 15.4 Å². The number of hydrogen-bond donors (Lipinski definition) is 3. The number of urea groups is 1. The molecular formula is C15H22N2O3. The fraction of sp³-hybridized carbons (Fsp3) is 0.533. The molecule has 2 amide bonds. The molecule has 1 saturated carbocycles. The van der Waals surface area contributed by atoms with Crippen molar-refractivity contribution in [1.29, 1.82) is 0 Å². The second-order valence-electron chi connectivity index (χ2n) is 5.24. The Morgan fingerprint density at radius 1 is 1.35 bits per heavy atom. The zero-order valence-electron chi connectivity index (χ0n) is 11.8. The molecule has 1 aliphatic carbocycles. The summed E-state index contributed by atoms with van der Waals surface area (Å²) in [6.45, 7) is 3.63. The molecule has 2 rings (SSSR count). The first-order valence-electron chi connectivity index (χ1n) is 7.02. The summed E-state index contributed by atoms with van der Waals surface area (Å²) in [6, 6.07) is 7.44. The number of hydrogen-bond acceptors (Lipinski definition) is 3. The van der Waals surface area contributed by atoms with E-state index in [9.17, 15) is 9.90 Å². The molecular weight excluding hydrogens is 256 g/mol. The Morgan fingerprint density at radius 2 is 2.10 bits per heavy atom. The first-order chi connectivity index (χ1) is 9.69. The molecule has 0 unspecified atom stereocenters. The summed E-state index contributed by atoms with van der Waals surface area (Å²) in [6.07, 6.45) is 1.97. The molecule has 0 spiro atoms. The van der Waals surface area contributed by atoms with Gasteiger partial charge in [0.05, 0.1) is 13.2 Å². The van der Waals surface area contributed by atoms with Crippen molar-refractivity contribution in [3.05, 3.63) is 29.8 Å². The fourth-order valence-corrected chi connectivity index (χ4v) is 2.02. The molecule has 5 nitrogen and oxygen atoms in total. The topological polar surface area (TPSA) is 70.6 Å². The third kappa shape index (κ3) is 3.87. The van der Waals surface area contributed by atoms with Gasteiger partial charge in [-0.05, 0) is 25.8 Å². The monoisotopic (exact) mass is 278 g/mol. The summed E-state index contributed by atoms with van der Waals surface area (Å²) in [5.41, 5.74) is 0.883. The fourth-order valence-electron chi connectivity index (χ4n) is 2.02. The summed E-state index contributed by atoms with van der Waals surface area (Å²) < 4.78 is 5.51. The summed E-state index contributed by atoms with van der Waals surface area (Å²) in [4.78, 5) is 11.7. The summed E-state index contributed by atoms with van der Waals surface area (Å²) in [5.74, 6) is 0.796. The smallest absolute Gasteiger partial charge is 0.315 e. The molecule has 0 saturated heterocycles. The van der Waals surface area contributed by atoms with Crippen LogP contribution in [0.15, 0.2) is 24.3 Å². The second-order valence-corrected chi connectivity index (χ2v) is 5.24. The van der Waals surface area contributed by atoms with Crippen LogP contribution in [0.5, 0.6) is 5.75 Å². The molecule has 1 aromatic carbocycles. The Hall–Kier alpha value is -1.75. The quantitative estimate of drug-likeness (QED) is 0.710. The van der Waals surface area contributed by atoms with E-state index in [0.717, 1.165) is 24.2 Å². The van der Waals surface area contributed by atoms with Crippen LogP contribution in [0.1, 0.15) is 25.3 Å². The van der Waals surface area contributed by atoms with Crippen LogP contribution >= 0.6 is 0 Å². The Bertz CT molecular complexity index is 458. The summed E-state index contributed by atoms with van der Waals surface area (Å²) in [5, 5.41) is 14.8. The standard InChI is InChI=1S/C15H22N2O3/c1-2-20-13-6-4-3-5-12(13)9-16-14(19)17-10-15(11-18)7-8-15/h3-6,18H,2,7-11H2,1H3,(H2,16,17,19). The number of carbonyl (C=O) groups excluding carboxylic acids is 1. The van der Waals surface area contributed by atoms with E-state index in [1.165, 1.54) is 0 Å². The van der Waals surface area contributed by atoms with E-state index in [4.69, 9.17) is 4.74 Å². The molecule has 1 aromatic rings. The van der Waals surface area contributed by atoms with E-state index in [1.54, 1.807) is 0 Å². The predicted molar refractivity (Wildman–Crippen MR) is 76.6 cm³/mol. The lowest BCUT2D eigenvalue weighted by atomic mass is 10.1. The zero-order valence-corrected chi connectivity index (χ0v) is 11.8. The predicted octanol–water partition coefficient (Wildman–Crippen LogP) is 1.66. The minimum Gasteiger partial charge on any atom is -0.494 e. The van der Waals surface area contributed by atoms with E-state index < -0.39 is 0 Å². The molecule has 0 heterocycles. The number of rotatable bonds is 7. The highest BCUT2D eigenvalue weighted by atomic mass is 16.5. The van der Waals surface area contributed by atoms with Crippen LogP contribution in [0.2, 0.25) is 0 Å². The molecule has 1 aliphatic rings. The Labute approximate surface area is 119 Å². The van der Waals surface area contributed by atoms with Crippen LogP contribution in [0.25, 0.3) is 0 Å². The molecule has 0 bridgehead atoms. The maximum absolute atomic E-state index is 11.7. The Morgan fingerprint density at radius 3 is 2.75 bits per heavy atom. The maximum atomic E-state index is 11.7. The number of ether oxygens (including phenoxy) is 1. The van der Waals surface area contributed by atoms with Gasteiger partial charge in [-0.25, -0.2) is 4.79 Å². The van der Waals surface area contributed by atoms with Gasteiger partial charge in [0.1, 0.15) is 5.75 Å². The van der Waals surface area contributed by atoms with E-state index in [-0.39, 0.29) is 18.1 Å². The van der Waals surface area contributed by atoms with E-state index >= 15 is 0 Å². The van der Waals surface area contributed by atoms with Crippen molar-refractivity contribution in [1.82, 2.24) is 10.6 Å². The largest absolute Gasteiger partial charge is 0.494 e. The van der Waals surface area contributed by atoms with E-state index in [0.29, 0.717) is 19.7 Å². The minimum absolute atomic E-state index is 0.0689. The number of aliphatic hydroxyl groups is 1. The second kappa shape index (κ2) is 6.61. The van der Waals surface area contributed by atoms with E-state index in [2.05, 4.69) is 10.6 Å². The van der Waals surface area contributed by atoms with Crippen LogP contribution in [-0.4, -0.2) is 30.9 Å². The highest BCUT2D eigenvalue weighted by molar-refractivity contribution is 5.74. The van der Waals surface area contributed by atoms with Crippen molar-refractivity contribution in [2.24, 2.45) is 5.41 Å². The van der Waals surface area contributed by atoms with Crippen LogP contribution in [0.4, 0.5) is 4.79 Å². The third-order valence-corrected chi connectivity index (χ3v) is 3.63. The average Bonchev–Trinajstić information content (AvgIpc) is 3.25. The van der Waals surface area contributed by atoms with Gasteiger partial charge < -0.3 is 20.5 Å². The average molecular weight is 278 g/mol. The molecule has 0 atom stereocenters. The number of para-hydroxylation sites is 1. The summed E-state index contributed by atoms with van der Waals surface area (Å²) in [7, 11) is 0. The van der Waals surface area contributed by atoms with Crippen molar-refractivity contribution in [2.75, 3.05) is 19.8 Å². The lowest BCUT2D eigenvalue weighted by Gasteiger charge is -2.14. The molecule has 0 radical (unpaired) electrons. The minimum atomic E-state index is -0.212. The van der Waals surface area contributed by atoms with Crippen LogP contribution in [0, 0.1) is 5.41 Å². The number of nitrogens with one attached hydrogen (secondary N) is 2. The number of amides is 2. The SMILES string of the molecule is CCOc1ccccc1CNC(=O)NCC1(CO)CC1. The lowest BCUT2D eigenvalue weighted by molar-refractivity contribution is 0.203. The van der Waals surface area contributed by atoms with Gasteiger partial charge in [0.2, 0.25) is 0 Å². The molecule has 0 aromatic heterocycles. The van der Waals surface area contributed by atoms with Gasteiger partial charge in [-0.3, -0.25) is 0 Å². The molecule has 110 valence electrons. The van der Waals surface area contributed by atoms with Gasteiger partial charge in [0, 0.05) is 24.1 Å². The van der Waals surface area contributed by atoms with Crippen molar-refractivity contribution in [3.63, 3.8) is 0 Å². The summed E-state index contributed by atoms with van der Waals surface area (Å²) >= 11 is 0. The number of aliphatic hydroxyl groups excluding tert-OH is 1. The Kier molecular flexibility index (Phi) is 4.84. The zero-order chi connectivity index (χ0) is 14.4. The molecule has 1 fully saturated rings. The maximum Gasteiger partial charge on any atom is 0.315 e. The number of carbonyl (C=O) groups is 1. The van der Waals surface area contributed by atoms with Gasteiger partial charge in [-0.15, -0.1) is 0 Å². The lowest BCUT2D eigenvalue weighted by Crippen LogP contribution is -2.39. The van der Waals surface area contributed by atoms with E-state index in [1.807, 2.05) is 31.2 Å². The van der Waals surface area contributed by atoms with Gasteiger partial charge in [-0.1, -0.05) is 18.2 Å². The van der Waals surface area contributed by atoms with Crippen LogP contribution in [-0.2, 0) is 6.54 Å². The van der Waals surface area contributed by atoms with Gasteiger partial charge >= 0.3 is 6.03 Å². The highest BCUT2D eigenvalue weighted by Gasteiger charge is 2.42. The van der Waals surface area contributed by atoms with Crippen molar-refractivity contribution in [3.8, 4) is 5.75 Å². The first kappa shape index (κ1) is 14.7. The van der Waals surface area contributed by atoms with Crippen molar-refractivity contribution >= 4 is 6.03 Å². The highest BCUT2D eigenvalue weighted by Crippen LogP contribution is 2.44. The van der Waals surface area contributed by atoms with Gasteiger partial charge in [0.25, 0.3) is 0 Å². The van der Waals surface area contributed by atoms with Crippen molar-refractivity contribution < 1.29 is 14.6 Å². The van der Waals surface area contributed by atoms with Gasteiger partial charge in [-0.2, -0.15) is 0 Å². The number of benzene rings is 1. The normalized spacial score (nSPS) is 15.5. The molecule has 3 N–H and O–H groups in total. The molecule has 5 heteroatoms. The van der Waals surface area contributed by atoms with Crippen molar-refractivity contribution in [2.45, 2.75) is 26.3 Å². The first-order valence-corrected chi connectivity index (χ1v) is 7.02. The molecule has 20 heavy (non-hydrogen) atoms. The Balaban J connectivity index is 1.78. The van der Waals surface area contributed by atoms with Gasteiger partial charge in [0.15, 0.2) is 0 Å². The van der Waals surface area contributed by atoms with Crippen LogP contribution in [0.3, 0.4) is 0 Å². The third-order valence-electron chi connectivity index (χ3n) is 3.63. The molecule has 0 aliphatic heterocycles.